The van der Waals surface area contributed by atoms with E-state index in [9.17, 15) is 19.5 Å². The molecule has 8 heteroatoms. The van der Waals surface area contributed by atoms with Gasteiger partial charge in [0.2, 0.25) is 17.7 Å². The zero-order chi connectivity index (χ0) is 20.5. The number of nitrogens with one attached hydrogen (secondary N) is 2. The summed E-state index contributed by atoms with van der Waals surface area (Å²) >= 11 is 0. The monoisotopic (exact) mass is 384 g/mol. The van der Waals surface area contributed by atoms with E-state index in [-0.39, 0.29) is 25.1 Å². The fraction of sp³-hybridized carbons (Fsp3) is 0.250. The number of primary amides is 1. The molecule has 1 unspecified atom stereocenters. The van der Waals surface area contributed by atoms with Crippen LogP contribution in [0.2, 0.25) is 0 Å². The van der Waals surface area contributed by atoms with Crippen LogP contribution in [0.1, 0.15) is 11.1 Å². The zero-order valence-corrected chi connectivity index (χ0v) is 15.3. The van der Waals surface area contributed by atoms with Crippen molar-refractivity contribution in [3.63, 3.8) is 0 Å². The van der Waals surface area contributed by atoms with Crippen molar-refractivity contribution in [1.82, 2.24) is 10.6 Å². The van der Waals surface area contributed by atoms with Crippen molar-refractivity contribution in [2.45, 2.75) is 24.9 Å². The molecule has 3 amide bonds. The molecule has 28 heavy (non-hydrogen) atoms. The number of benzene rings is 2. The number of phenols is 1. The molecule has 0 saturated heterocycles. The summed E-state index contributed by atoms with van der Waals surface area (Å²) in [5, 5.41) is 14.2. The highest BCUT2D eigenvalue weighted by molar-refractivity contribution is 5.90. The predicted octanol–water partition coefficient (Wildman–Crippen LogP) is -0.409. The van der Waals surface area contributed by atoms with Crippen molar-refractivity contribution < 1.29 is 19.5 Å². The number of carbonyl (C=O) groups is 3. The van der Waals surface area contributed by atoms with Crippen molar-refractivity contribution >= 4 is 17.7 Å². The van der Waals surface area contributed by atoms with Crippen molar-refractivity contribution in [2.75, 3.05) is 6.54 Å². The fourth-order valence-corrected chi connectivity index (χ4v) is 2.60. The van der Waals surface area contributed by atoms with Gasteiger partial charge in [0.15, 0.2) is 0 Å². The summed E-state index contributed by atoms with van der Waals surface area (Å²) in [6.45, 7) is -0.319. The first kappa shape index (κ1) is 20.9. The molecule has 0 heterocycles. The summed E-state index contributed by atoms with van der Waals surface area (Å²) < 4.78 is 0. The average molecular weight is 384 g/mol. The van der Waals surface area contributed by atoms with Gasteiger partial charge in [-0.3, -0.25) is 14.4 Å². The summed E-state index contributed by atoms with van der Waals surface area (Å²) in [5.74, 6) is -1.57. The molecular formula is C20H24N4O4. The SMILES string of the molecule is NC(=O)[C@H](Cc1ccccc1)NC(=O)CNC(=O)C(N)Cc1ccc(O)cc1. The third-order valence-corrected chi connectivity index (χ3v) is 4.11. The number of aromatic hydroxyl groups is 1. The Hall–Kier alpha value is -3.39. The maximum atomic E-state index is 12.1. The molecule has 0 aliphatic carbocycles. The van der Waals surface area contributed by atoms with Gasteiger partial charge in [-0.1, -0.05) is 42.5 Å². The number of nitrogens with two attached hydrogens (primary N) is 2. The smallest absolute Gasteiger partial charge is 0.240 e. The van der Waals surface area contributed by atoms with Crippen molar-refractivity contribution in [2.24, 2.45) is 11.5 Å². The number of hydrogen-bond acceptors (Lipinski definition) is 5. The largest absolute Gasteiger partial charge is 0.508 e. The van der Waals surface area contributed by atoms with Crippen LogP contribution in [0.3, 0.4) is 0 Å². The molecule has 0 bridgehead atoms. The van der Waals surface area contributed by atoms with Crippen LogP contribution in [0.5, 0.6) is 5.75 Å². The Kier molecular flexibility index (Phi) is 7.53. The van der Waals surface area contributed by atoms with Crippen molar-refractivity contribution in [1.29, 1.82) is 0 Å². The Morgan fingerprint density at radius 2 is 1.54 bits per heavy atom. The van der Waals surface area contributed by atoms with E-state index in [1.54, 1.807) is 12.1 Å². The number of rotatable bonds is 9. The normalized spacial score (nSPS) is 12.6. The van der Waals surface area contributed by atoms with E-state index < -0.39 is 29.8 Å². The lowest BCUT2D eigenvalue weighted by Crippen LogP contribution is -2.51. The molecular weight excluding hydrogens is 360 g/mol. The Morgan fingerprint density at radius 1 is 0.929 bits per heavy atom. The highest BCUT2D eigenvalue weighted by Gasteiger charge is 2.20. The van der Waals surface area contributed by atoms with E-state index in [4.69, 9.17) is 11.5 Å². The second-order valence-electron chi connectivity index (χ2n) is 6.41. The van der Waals surface area contributed by atoms with Gasteiger partial charge >= 0.3 is 0 Å². The van der Waals surface area contributed by atoms with Gasteiger partial charge in [0.1, 0.15) is 11.8 Å². The molecule has 0 aromatic heterocycles. The predicted molar refractivity (Wildman–Crippen MR) is 104 cm³/mol. The van der Waals surface area contributed by atoms with Crippen LogP contribution in [0.25, 0.3) is 0 Å². The van der Waals surface area contributed by atoms with Gasteiger partial charge in [0, 0.05) is 6.42 Å². The van der Waals surface area contributed by atoms with E-state index in [0.717, 1.165) is 11.1 Å². The van der Waals surface area contributed by atoms with Crippen LogP contribution < -0.4 is 22.1 Å². The molecule has 7 N–H and O–H groups in total. The van der Waals surface area contributed by atoms with Crippen LogP contribution in [0, 0.1) is 0 Å². The summed E-state index contributed by atoms with van der Waals surface area (Å²) in [7, 11) is 0. The molecule has 148 valence electrons. The van der Waals surface area contributed by atoms with Crippen LogP contribution in [-0.2, 0) is 27.2 Å². The Balaban J connectivity index is 1.81. The van der Waals surface area contributed by atoms with Crippen LogP contribution in [0.4, 0.5) is 0 Å². The average Bonchev–Trinajstić information content (AvgIpc) is 2.68. The first-order valence-electron chi connectivity index (χ1n) is 8.79. The third-order valence-electron chi connectivity index (χ3n) is 4.11. The third kappa shape index (κ3) is 6.73. The molecule has 2 aromatic carbocycles. The number of phenolic OH excluding ortho intramolecular Hbond substituents is 1. The second-order valence-corrected chi connectivity index (χ2v) is 6.41. The molecule has 8 nitrogen and oxygen atoms in total. The van der Waals surface area contributed by atoms with Gasteiger partial charge in [-0.2, -0.15) is 0 Å². The van der Waals surface area contributed by atoms with Gasteiger partial charge in [0.05, 0.1) is 12.6 Å². The molecule has 0 spiro atoms. The first-order valence-corrected chi connectivity index (χ1v) is 8.79. The molecule has 0 aliphatic rings. The Morgan fingerprint density at radius 3 is 2.14 bits per heavy atom. The quantitative estimate of drug-likeness (QED) is 0.399. The maximum Gasteiger partial charge on any atom is 0.240 e. The molecule has 0 saturated carbocycles. The van der Waals surface area contributed by atoms with Crippen molar-refractivity contribution in [3.8, 4) is 5.75 Å². The topological polar surface area (TPSA) is 148 Å². The highest BCUT2D eigenvalue weighted by atomic mass is 16.3. The van der Waals surface area contributed by atoms with Gasteiger partial charge in [-0.15, -0.1) is 0 Å². The van der Waals surface area contributed by atoms with E-state index in [1.165, 1.54) is 12.1 Å². The summed E-state index contributed by atoms with van der Waals surface area (Å²) in [4.78, 5) is 35.7. The summed E-state index contributed by atoms with van der Waals surface area (Å²) in [6, 6.07) is 13.7. The van der Waals surface area contributed by atoms with Gasteiger partial charge in [0.25, 0.3) is 0 Å². The molecule has 0 aliphatic heterocycles. The minimum atomic E-state index is -0.877. The molecule has 2 atom stereocenters. The van der Waals surface area contributed by atoms with Crippen LogP contribution >= 0.6 is 0 Å². The van der Waals surface area contributed by atoms with E-state index >= 15 is 0 Å². The summed E-state index contributed by atoms with van der Waals surface area (Å²) in [5.41, 5.74) is 12.8. The van der Waals surface area contributed by atoms with Crippen LogP contribution in [0.15, 0.2) is 54.6 Å². The maximum absolute atomic E-state index is 12.1. The number of hydrogen-bond donors (Lipinski definition) is 5. The number of amides is 3. The lowest BCUT2D eigenvalue weighted by Gasteiger charge is -2.17. The lowest BCUT2D eigenvalue weighted by atomic mass is 10.1. The van der Waals surface area contributed by atoms with Gasteiger partial charge in [-0.05, 0) is 29.7 Å². The van der Waals surface area contributed by atoms with Gasteiger partial charge in [-0.25, -0.2) is 0 Å². The molecule has 2 rings (SSSR count). The van der Waals surface area contributed by atoms with Gasteiger partial charge < -0.3 is 27.2 Å². The fourth-order valence-electron chi connectivity index (χ4n) is 2.60. The van der Waals surface area contributed by atoms with Crippen molar-refractivity contribution in [3.05, 3.63) is 65.7 Å². The standard InChI is InChI=1S/C20H24N4O4/c21-16(10-14-6-8-15(25)9-7-14)20(28)23-12-18(26)24-17(19(22)27)11-13-4-2-1-3-5-13/h1-9,16-17,25H,10-12,21H2,(H2,22,27)(H,23,28)(H,24,26)/t16?,17-/m0/s1. The summed E-state index contributed by atoms with van der Waals surface area (Å²) in [6.07, 6.45) is 0.516. The zero-order valence-electron chi connectivity index (χ0n) is 15.3. The van der Waals surface area contributed by atoms with E-state index in [0.29, 0.717) is 0 Å². The lowest BCUT2D eigenvalue weighted by molar-refractivity contribution is -0.129. The van der Waals surface area contributed by atoms with E-state index in [1.807, 2.05) is 30.3 Å². The molecule has 0 radical (unpaired) electrons. The van der Waals surface area contributed by atoms with Crippen LogP contribution in [-0.4, -0.2) is 41.5 Å². The Labute approximate surface area is 162 Å². The minimum absolute atomic E-state index is 0.123. The second kappa shape index (κ2) is 10.1. The first-order chi connectivity index (χ1) is 13.3. The van der Waals surface area contributed by atoms with E-state index in [2.05, 4.69) is 10.6 Å². The molecule has 2 aromatic rings. The number of carbonyl (C=O) groups excluding carboxylic acids is 3. The highest BCUT2D eigenvalue weighted by Crippen LogP contribution is 2.10. The minimum Gasteiger partial charge on any atom is -0.508 e. The molecule has 0 fully saturated rings. The Bertz CT molecular complexity index is 809.